The average Bonchev–Trinajstić information content (AvgIpc) is 3.31. The Balaban J connectivity index is 1.63. The van der Waals surface area contributed by atoms with Gasteiger partial charge in [0.15, 0.2) is 22.5 Å². The van der Waals surface area contributed by atoms with Crippen LogP contribution < -0.4 is 19.5 Å². The van der Waals surface area contributed by atoms with Crippen LogP contribution in [0.5, 0.6) is 17.2 Å². The zero-order valence-corrected chi connectivity index (χ0v) is 21.5. The van der Waals surface area contributed by atoms with Crippen molar-refractivity contribution in [2.75, 3.05) is 32.4 Å². The fraction of sp³-hybridized carbons (Fsp3) is 0.423. The number of anilines is 1. The molecule has 0 atom stereocenters. The summed E-state index contributed by atoms with van der Waals surface area (Å²) in [5.41, 5.74) is 2.72. The Bertz CT molecular complexity index is 1150. The van der Waals surface area contributed by atoms with E-state index >= 15 is 0 Å². The minimum atomic E-state index is -0.0758. The van der Waals surface area contributed by atoms with Crippen molar-refractivity contribution < 1.29 is 19.0 Å². The third kappa shape index (κ3) is 5.73. The Hall–Kier alpha value is -3.20. The number of thioether (sulfide) groups is 1. The molecule has 0 aliphatic heterocycles. The van der Waals surface area contributed by atoms with Crippen LogP contribution >= 0.6 is 11.8 Å². The topological polar surface area (TPSA) is 87.5 Å². The van der Waals surface area contributed by atoms with E-state index in [1.165, 1.54) is 18.2 Å². The number of nitrogens with one attached hydrogen (secondary N) is 1. The van der Waals surface area contributed by atoms with Gasteiger partial charge in [-0.2, -0.15) is 0 Å². The minimum Gasteiger partial charge on any atom is -0.493 e. The van der Waals surface area contributed by atoms with Crippen LogP contribution in [0.2, 0.25) is 0 Å². The molecule has 3 aromatic rings. The van der Waals surface area contributed by atoms with Crippen molar-refractivity contribution in [3.63, 3.8) is 0 Å². The number of benzene rings is 2. The number of amides is 1. The van der Waals surface area contributed by atoms with Gasteiger partial charge >= 0.3 is 0 Å². The van der Waals surface area contributed by atoms with E-state index in [2.05, 4.69) is 20.1 Å². The van der Waals surface area contributed by atoms with Crippen molar-refractivity contribution in [1.82, 2.24) is 14.8 Å². The molecule has 186 valence electrons. The van der Waals surface area contributed by atoms with Gasteiger partial charge in [-0.3, -0.25) is 9.36 Å². The molecule has 1 fully saturated rings. The molecule has 0 unspecified atom stereocenters. The van der Waals surface area contributed by atoms with Crippen molar-refractivity contribution in [2.45, 2.75) is 50.2 Å². The summed E-state index contributed by atoms with van der Waals surface area (Å²) in [6.07, 6.45) is 5.67. The van der Waals surface area contributed by atoms with Crippen molar-refractivity contribution in [2.24, 2.45) is 0 Å². The first-order chi connectivity index (χ1) is 17.0. The number of hydrogen-bond donors (Lipinski definition) is 1. The average molecular weight is 497 g/mol. The first-order valence-electron chi connectivity index (χ1n) is 11.8. The van der Waals surface area contributed by atoms with Gasteiger partial charge < -0.3 is 19.5 Å². The molecule has 2 aromatic carbocycles. The van der Waals surface area contributed by atoms with Crippen LogP contribution in [0.1, 0.15) is 43.7 Å². The molecule has 0 radical (unpaired) electrons. The molecule has 1 saturated carbocycles. The van der Waals surface area contributed by atoms with Gasteiger partial charge in [0, 0.05) is 17.3 Å². The maximum Gasteiger partial charge on any atom is 0.234 e. The van der Waals surface area contributed by atoms with Crippen LogP contribution in [0, 0.1) is 6.92 Å². The van der Waals surface area contributed by atoms with Crippen molar-refractivity contribution in [3.05, 3.63) is 42.0 Å². The molecule has 1 aromatic heterocycles. The molecule has 0 spiro atoms. The number of hydrogen-bond acceptors (Lipinski definition) is 7. The quantitative estimate of drug-likeness (QED) is 0.391. The molecule has 1 aliphatic rings. The second-order valence-electron chi connectivity index (χ2n) is 8.59. The van der Waals surface area contributed by atoms with E-state index in [0.717, 1.165) is 53.5 Å². The highest BCUT2D eigenvalue weighted by Gasteiger charge is 2.26. The normalized spacial score (nSPS) is 13.9. The van der Waals surface area contributed by atoms with Crippen molar-refractivity contribution in [3.8, 4) is 28.6 Å². The number of nitrogens with zero attached hydrogens (tertiary/aromatic N) is 3. The van der Waals surface area contributed by atoms with Crippen LogP contribution in [0.15, 0.2) is 41.6 Å². The summed E-state index contributed by atoms with van der Waals surface area (Å²) in [4.78, 5) is 12.7. The van der Waals surface area contributed by atoms with E-state index in [0.29, 0.717) is 17.2 Å². The summed E-state index contributed by atoms with van der Waals surface area (Å²) in [5.74, 6) is 2.56. The summed E-state index contributed by atoms with van der Waals surface area (Å²) in [5, 5.41) is 12.8. The predicted octanol–water partition coefficient (Wildman–Crippen LogP) is 5.52. The van der Waals surface area contributed by atoms with E-state index in [-0.39, 0.29) is 17.7 Å². The fourth-order valence-corrected chi connectivity index (χ4v) is 5.31. The molecule has 35 heavy (non-hydrogen) atoms. The maximum atomic E-state index is 12.7. The van der Waals surface area contributed by atoms with Gasteiger partial charge in [-0.15, -0.1) is 10.2 Å². The molecule has 1 N–H and O–H groups in total. The first-order valence-corrected chi connectivity index (χ1v) is 12.8. The van der Waals surface area contributed by atoms with Crippen LogP contribution in [-0.4, -0.2) is 47.8 Å². The maximum absolute atomic E-state index is 12.7. The number of rotatable bonds is 9. The van der Waals surface area contributed by atoms with Gasteiger partial charge in [-0.25, -0.2) is 0 Å². The molecule has 4 rings (SSSR count). The smallest absolute Gasteiger partial charge is 0.234 e. The highest BCUT2D eigenvalue weighted by molar-refractivity contribution is 7.99. The number of methoxy groups -OCH3 is 3. The van der Waals surface area contributed by atoms with Crippen molar-refractivity contribution >= 4 is 23.4 Å². The molecule has 8 nitrogen and oxygen atoms in total. The zero-order chi connectivity index (χ0) is 24.8. The van der Waals surface area contributed by atoms with Gasteiger partial charge in [-0.1, -0.05) is 43.2 Å². The minimum absolute atomic E-state index is 0.0758. The molecule has 9 heteroatoms. The highest BCUT2D eigenvalue weighted by Crippen LogP contribution is 2.43. The van der Waals surface area contributed by atoms with Gasteiger partial charge in [0.05, 0.1) is 27.1 Å². The molecule has 0 saturated heterocycles. The lowest BCUT2D eigenvalue weighted by molar-refractivity contribution is -0.113. The van der Waals surface area contributed by atoms with E-state index in [1.807, 2.05) is 43.3 Å². The SMILES string of the molecule is COc1cc(-c2nnc(SCC(=O)Nc3cccc(C)c3)n2C2CCCCC2)cc(OC)c1OC. The lowest BCUT2D eigenvalue weighted by Gasteiger charge is -2.26. The fourth-order valence-electron chi connectivity index (χ4n) is 4.50. The highest BCUT2D eigenvalue weighted by atomic mass is 32.2. The number of aromatic nitrogens is 3. The van der Waals surface area contributed by atoms with Crippen molar-refractivity contribution in [1.29, 1.82) is 0 Å². The first kappa shape index (κ1) is 24.9. The van der Waals surface area contributed by atoms with Gasteiger partial charge in [0.25, 0.3) is 0 Å². The van der Waals surface area contributed by atoms with Crippen LogP contribution in [0.3, 0.4) is 0 Å². The molecule has 0 bridgehead atoms. The Kier molecular flexibility index (Phi) is 8.17. The van der Waals surface area contributed by atoms with Gasteiger partial charge in [0.2, 0.25) is 11.7 Å². The Morgan fingerprint density at radius 2 is 1.74 bits per heavy atom. The Morgan fingerprint density at radius 1 is 1.03 bits per heavy atom. The monoisotopic (exact) mass is 496 g/mol. The van der Waals surface area contributed by atoms with Gasteiger partial charge in [-0.05, 0) is 49.6 Å². The van der Waals surface area contributed by atoms with E-state index < -0.39 is 0 Å². The zero-order valence-electron chi connectivity index (χ0n) is 20.7. The van der Waals surface area contributed by atoms with E-state index in [9.17, 15) is 4.79 Å². The number of aryl methyl sites for hydroxylation is 1. The molecule has 1 heterocycles. The van der Waals surface area contributed by atoms with E-state index in [1.54, 1.807) is 21.3 Å². The number of carbonyl (C=O) groups is 1. The Labute approximate surface area is 210 Å². The van der Waals surface area contributed by atoms with E-state index in [4.69, 9.17) is 14.2 Å². The summed E-state index contributed by atoms with van der Waals surface area (Å²) in [6.45, 7) is 2.00. The van der Waals surface area contributed by atoms with Crippen LogP contribution in [0.25, 0.3) is 11.4 Å². The summed E-state index contributed by atoms with van der Waals surface area (Å²) in [6, 6.07) is 11.8. The van der Waals surface area contributed by atoms with Gasteiger partial charge in [0.1, 0.15) is 0 Å². The number of ether oxygens (including phenoxy) is 3. The summed E-state index contributed by atoms with van der Waals surface area (Å²) < 4.78 is 18.8. The second kappa shape index (κ2) is 11.5. The number of carbonyl (C=O) groups excluding carboxylic acids is 1. The molecule has 1 aliphatic carbocycles. The third-order valence-corrected chi connectivity index (χ3v) is 7.10. The van der Waals surface area contributed by atoms with Crippen LogP contribution in [0.4, 0.5) is 5.69 Å². The largest absolute Gasteiger partial charge is 0.493 e. The van der Waals surface area contributed by atoms with Crippen LogP contribution in [-0.2, 0) is 4.79 Å². The predicted molar refractivity (Wildman–Crippen MR) is 138 cm³/mol. The molecular weight excluding hydrogens is 464 g/mol. The lowest BCUT2D eigenvalue weighted by atomic mass is 9.95. The second-order valence-corrected chi connectivity index (χ2v) is 9.53. The lowest BCUT2D eigenvalue weighted by Crippen LogP contribution is -2.17. The summed E-state index contributed by atoms with van der Waals surface area (Å²) >= 11 is 1.41. The Morgan fingerprint density at radius 3 is 2.37 bits per heavy atom. The molecular formula is C26H32N4O4S. The standard InChI is InChI=1S/C26H32N4O4S/c1-17-9-8-10-19(13-17)27-23(31)16-35-26-29-28-25(30(26)20-11-6-5-7-12-20)18-14-21(32-2)24(34-4)22(15-18)33-3/h8-10,13-15,20H,5-7,11-12,16H2,1-4H3,(H,27,31). The molecule has 1 amide bonds. The summed E-state index contributed by atoms with van der Waals surface area (Å²) in [7, 11) is 4.78. The third-order valence-electron chi connectivity index (χ3n) is 6.16.